The molecule has 2 heteroatoms. The molecule has 1 aliphatic heterocycles. The quantitative estimate of drug-likeness (QED) is 0.293. The first-order chi connectivity index (χ1) is 16.3. The van der Waals surface area contributed by atoms with Crippen molar-refractivity contribution >= 4 is 60.3 Å². The molecular weight excluding hydrogens is 432 g/mol. The van der Waals surface area contributed by atoms with Crippen molar-refractivity contribution in [2.45, 2.75) is 6.92 Å². The van der Waals surface area contributed by atoms with Crippen molar-refractivity contribution < 1.29 is 0 Å². The minimum absolute atomic E-state index is 1.31. The summed E-state index contributed by atoms with van der Waals surface area (Å²) in [6.07, 6.45) is 0. The highest BCUT2D eigenvalue weighted by atomic mass is 32.1. The molecule has 0 bridgehead atoms. The topological polar surface area (TPSA) is 0 Å². The molecule has 0 saturated carbocycles. The number of hydrogen-bond donors (Lipinski definition) is 0. The lowest BCUT2D eigenvalue weighted by atomic mass is 10.0. The van der Waals surface area contributed by atoms with Crippen LogP contribution in [0.5, 0.6) is 0 Å². The second-order valence-corrected chi connectivity index (χ2v) is 13.7. The summed E-state index contributed by atoms with van der Waals surface area (Å²) in [7, 11) is -2.47. The van der Waals surface area contributed by atoms with E-state index in [1.54, 1.807) is 5.19 Å². The summed E-state index contributed by atoms with van der Waals surface area (Å²) in [5, 5.41) is 8.77. The van der Waals surface area contributed by atoms with Gasteiger partial charge in [-0.2, -0.15) is 0 Å². The Morgan fingerprint density at radius 3 is 2.09 bits per heavy atom. The van der Waals surface area contributed by atoms with Crippen LogP contribution in [0.1, 0.15) is 5.56 Å². The van der Waals surface area contributed by atoms with E-state index in [4.69, 9.17) is 0 Å². The third kappa shape index (κ3) is 2.51. The van der Waals surface area contributed by atoms with Gasteiger partial charge in [-0.25, -0.2) is 0 Å². The number of aryl methyl sites for hydroxylation is 1. The monoisotopic (exact) mass is 454 g/mol. The molecular formula is C31H22SSi. The number of fused-ring (bicyclic) bond motifs is 7. The van der Waals surface area contributed by atoms with Crippen molar-refractivity contribution in [1.29, 1.82) is 0 Å². The zero-order chi connectivity index (χ0) is 22.0. The Labute approximate surface area is 198 Å². The maximum Gasteiger partial charge on any atom is 0.182 e. The highest BCUT2D eigenvalue weighted by Crippen LogP contribution is 2.39. The lowest BCUT2D eigenvalue weighted by molar-refractivity contribution is 1.49. The normalized spacial score (nSPS) is 16.8. The zero-order valence-electron chi connectivity index (χ0n) is 18.4. The van der Waals surface area contributed by atoms with Crippen molar-refractivity contribution in [3.8, 4) is 11.1 Å². The molecule has 0 nitrogen and oxygen atoms in total. The van der Waals surface area contributed by atoms with Crippen molar-refractivity contribution in [2.24, 2.45) is 0 Å². The van der Waals surface area contributed by atoms with E-state index in [1.807, 2.05) is 11.3 Å². The molecule has 156 valence electrons. The molecule has 1 aliphatic rings. The molecule has 0 fully saturated rings. The van der Waals surface area contributed by atoms with Gasteiger partial charge in [-0.15, -0.1) is 11.3 Å². The lowest BCUT2D eigenvalue weighted by Crippen LogP contribution is -2.72. The van der Waals surface area contributed by atoms with Gasteiger partial charge >= 0.3 is 0 Å². The molecule has 0 N–H and O–H groups in total. The molecule has 1 atom stereocenters. The molecule has 2 heterocycles. The van der Waals surface area contributed by atoms with E-state index < -0.39 is 8.07 Å². The number of rotatable bonds is 2. The van der Waals surface area contributed by atoms with Crippen LogP contribution in [-0.2, 0) is 0 Å². The average molecular weight is 455 g/mol. The van der Waals surface area contributed by atoms with E-state index in [0.717, 1.165) is 0 Å². The van der Waals surface area contributed by atoms with Gasteiger partial charge in [0.05, 0.1) is 0 Å². The summed E-state index contributed by atoms with van der Waals surface area (Å²) in [6.45, 7) is 2.18. The first-order valence-electron chi connectivity index (χ1n) is 11.5. The van der Waals surface area contributed by atoms with Crippen LogP contribution in [0.25, 0.3) is 31.3 Å². The number of benzene rings is 5. The van der Waals surface area contributed by atoms with Gasteiger partial charge < -0.3 is 0 Å². The van der Waals surface area contributed by atoms with Crippen LogP contribution in [0.4, 0.5) is 0 Å². The Hall–Kier alpha value is -3.46. The average Bonchev–Trinajstić information content (AvgIpc) is 3.39. The summed E-state index contributed by atoms with van der Waals surface area (Å²) in [5.41, 5.74) is 4.13. The highest BCUT2D eigenvalue weighted by Gasteiger charge is 2.49. The standard InChI is InChI=1S/C31H22SSi/c1-21-15-17-23(18-16-21)33(22-9-3-2-4-10-22)29-14-8-6-12-25(29)27-20-19-26-24-11-5-7-13-28(24)32-30(26)31(27)33/h2-20H,1H3. The molecule has 0 saturated heterocycles. The van der Waals surface area contributed by atoms with Crippen LogP contribution >= 0.6 is 11.3 Å². The predicted octanol–water partition coefficient (Wildman–Crippen LogP) is 5.72. The van der Waals surface area contributed by atoms with E-state index in [9.17, 15) is 0 Å². The molecule has 1 aromatic heterocycles. The largest absolute Gasteiger partial charge is 0.182 e. The van der Waals surface area contributed by atoms with Gasteiger partial charge in [-0.05, 0) is 44.9 Å². The fourth-order valence-electron chi connectivity index (χ4n) is 5.82. The van der Waals surface area contributed by atoms with Crippen LogP contribution in [-0.4, -0.2) is 8.07 Å². The molecule has 0 radical (unpaired) electrons. The molecule has 0 spiro atoms. The van der Waals surface area contributed by atoms with Gasteiger partial charge in [-0.3, -0.25) is 0 Å². The van der Waals surface area contributed by atoms with Crippen LogP contribution < -0.4 is 20.7 Å². The van der Waals surface area contributed by atoms with Crippen molar-refractivity contribution in [3.05, 3.63) is 121 Å². The fourth-order valence-corrected chi connectivity index (χ4v) is 12.8. The van der Waals surface area contributed by atoms with Crippen molar-refractivity contribution in [2.75, 3.05) is 0 Å². The van der Waals surface area contributed by atoms with Crippen molar-refractivity contribution in [1.82, 2.24) is 0 Å². The maximum atomic E-state index is 2.40. The summed E-state index contributed by atoms with van der Waals surface area (Å²) in [4.78, 5) is 0. The second-order valence-electron chi connectivity index (χ2n) is 8.99. The molecule has 1 unspecified atom stereocenters. The third-order valence-electron chi connectivity index (χ3n) is 7.23. The minimum Gasteiger partial charge on any atom is -0.135 e. The van der Waals surface area contributed by atoms with Gasteiger partial charge in [0.25, 0.3) is 0 Å². The van der Waals surface area contributed by atoms with Gasteiger partial charge in [0, 0.05) is 20.2 Å². The first kappa shape index (κ1) is 19.0. The van der Waals surface area contributed by atoms with Crippen LogP contribution in [0.2, 0.25) is 0 Å². The summed E-state index contributed by atoms with van der Waals surface area (Å²) in [6, 6.07) is 43.4. The van der Waals surface area contributed by atoms with Gasteiger partial charge in [0.1, 0.15) is 0 Å². The third-order valence-corrected chi connectivity index (χ3v) is 13.5. The predicted molar refractivity (Wildman–Crippen MR) is 147 cm³/mol. The number of thiophene rings is 1. The van der Waals surface area contributed by atoms with Gasteiger partial charge in [0.2, 0.25) is 0 Å². The SMILES string of the molecule is Cc1ccc([Si]2(c3ccccc3)c3ccccc3-c3ccc4c(sc5ccccc54)c32)cc1. The molecule has 7 rings (SSSR count). The van der Waals surface area contributed by atoms with E-state index in [-0.39, 0.29) is 0 Å². The maximum absolute atomic E-state index is 2.47. The van der Waals surface area contributed by atoms with Gasteiger partial charge in [0.15, 0.2) is 8.07 Å². The van der Waals surface area contributed by atoms with Gasteiger partial charge in [-0.1, -0.05) is 115 Å². The molecule has 5 aromatic carbocycles. The molecule has 6 aromatic rings. The Morgan fingerprint density at radius 1 is 0.545 bits per heavy atom. The Balaban J connectivity index is 1.73. The first-order valence-corrected chi connectivity index (χ1v) is 14.3. The molecule has 33 heavy (non-hydrogen) atoms. The van der Waals surface area contributed by atoms with E-state index in [2.05, 4.69) is 122 Å². The van der Waals surface area contributed by atoms with Crippen LogP contribution in [0.15, 0.2) is 115 Å². The van der Waals surface area contributed by atoms with Crippen LogP contribution in [0.3, 0.4) is 0 Å². The molecule has 0 aliphatic carbocycles. The van der Waals surface area contributed by atoms with E-state index >= 15 is 0 Å². The highest BCUT2D eigenvalue weighted by molar-refractivity contribution is 7.31. The fraction of sp³-hybridized carbons (Fsp3) is 0.0323. The van der Waals surface area contributed by atoms with E-state index in [0.29, 0.717) is 0 Å². The number of hydrogen-bond acceptors (Lipinski definition) is 1. The summed E-state index contributed by atoms with van der Waals surface area (Å²) < 4.78 is 2.83. The zero-order valence-corrected chi connectivity index (χ0v) is 20.2. The smallest absolute Gasteiger partial charge is 0.135 e. The molecule has 0 amide bonds. The van der Waals surface area contributed by atoms with Crippen LogP contribution in [0, 0.1) is 6.92 Å². The lowest BCUT2D eigenvalue weighted by Gasteiger charge is -2.31. The Bertz CT molecular complexity index is 1660. The van der Waals surface area contributed by atoms with E-state index in [1.165, 1.54) is 52.4 Å². The second kappa shape index (κ2) is 7.02. The Kier molecular flexibility index (Phi) is 4.05. The Morgan fingerprint density at radius 2 is 1.24 bits per heavy atom. The van der Waals surface area contributed by atoms with Crippen molar-refractivity contribution in [3.63, 3.8) is 0 Å². The summed E-state index contributed by atoms with van der Waals surface area (Å²) in [5.74, 6) is 0. The minimum atomic E-state index is -2.47. The summed E-state index contributed by atoms with van der Waals surface area (Å²) >= 11 is 1.97.